The molecule has 0 spiro atoms. The summed E-state index contributed by atoms with van der Waals surface area (Å²) in [6.07, 6.45) is 3.87. The van der Waals surface area contributed by atoms with Crippen LogP contribution >= 0.6 is 0 Å². The smallest absolute Gasteiger partial charge is 0.143 e. The second-order valence-corrected chi connectivity index (χ2v) is 5.37. The van der Waals surface area contributed by atoms with Crippen molar-refractivity contribution in [2.45, 2.75) is 25.8 Å². The maximum Gasteiger partial charge on any atom is 0.143 e. The molecule has 1 aliphatic carbocycles. The normalized spacial score (nSPS) is 17.4. The molecule has 4 nitrogen and oxygen atoms in total. The maximum atomic E-state index is 4.41. The fraction of sp³-hybridized carbons (Fsp3) is 0.250. The third kappa shape index (κ3) is 1.76. The van der Waals surface area contributed by atoms with Crippen molar-refractivity contribution in [1.29, 1.82) is 0 Å². The number of H-pyrrole nitrogens is 1. The highest BCUT2D eigenvalue weighted by molar-refractivity contribution is 5.87. The number of benzene rings is 1. The van der Waals surface area contributed by atoms with Crippen LogP contribution in [0, 0.1) is 6.92 Å². The molecule has 1 atom stereocenters. The van der Waals surface area contributed by atoms with Gasteiger partial charge in [-0.1, -0.05) is 24.3 Å². The molecule has 0 amide bonds. The van der Waals surface area contributed by atoms with E-state index in [2.05, 4.69) is 50.6 Å². The summed E-state index contributed by atoms with van der Waals surface area (Å²) in [7, 11) is 0. The summed E-state index contributed by atoms with van der Waals surface area (Å²) < 4.78 is 0. The predicted molar refractivity (Wildman–Crippen MR) is 79.8 cm³/mol. The first-order valence-electron chi connectivity index (χ1n) is 6.96. The molecular formula is C16H16N4. The van der Waals surface area contributed by atoms with E-state index in [1.54, 1.807) is 6.33 Å². The highest BCUT2D eigenvalue weighted by atomic mass is 15.1. The van der Waals surface area contributed by atoms with Gasteiger partial charge in [0.25, 0.3) is 0 Å². The largest absolute Gasteiger partial charge is 0.363 e. The average molecular weight is 264 g/mol. The summed E-state index contributed by atoms with van der Waals surface area (Å²) in [5, 5.41) is 4.65. The molecule has 4 rings (SSSR count). The molecule has 1 unspecified atom stereocenters. The van der Waals surface area contributed by atoms with E-state index in [1.165, 1.54) is 11.1 Å². The van der Waals surface area contributed by atoms with Crippen molar-refractivity contribution in [1.82, 2.24) is 15.0 Å². The quantitative estimate of drug-likeness (QED) is 0.746. The van der Waals surface area contributed by atoms with Gasteiger partial charge in [0.2, 0.25) is 0 Å². The van der Waals surface area contributed by atoms with E-state index in [9.17, 15) is 0 Å². The second kappa shape index (κ2) is 4.34. The molecule has 100 valence electrons. The van der Waals surface area contributed by atoms with Crippen molar-refractivity contribution in [2.75, 3.05) is 5.32 Å². The molecular weight excluding hydrogens is 248 g/mol. The summed E-state index contributed by atoms with van der Waals surface area (Å²) in [6.45, 7) is 2.04. The van der Waals surface area contributed by atoms with Crippen LogP contribution in [0.2, 0.25) is 0 Å². The Balaban J connectivity index is 1.72. The second-order valence-electron chi connectivity index (χ2n) is 5.37. The molecule has 0 fully saturated rings. The van der Waals surface area contributed by atoms with Crippen LogP contribution in [0.3, 0.4) is 0 Å². The summed E-state index contributed by atoms with van der Waals surface area (Å²) in [5.41, 5.74) is 4.84. The number of hydrogen-bond acceptors (Lipinski definition) is 3. The number of fused-ring (bicyclic) bond motifs is 2. The molecule has 2 N–H and O–H groups in total. The van der Waals surface area contributed by atoms with Gasteiger partial charge in [0.15, 0.2) is 0 Å². The molecule has 2 heterocycles. The zero-order valence-corrected chi connectivity index (χ0v) is 11.4. The van der Waals surface area contributed by atoms with E-state index < -0.39 is 0 Å². The maximum absolute atomic E-state index is 4.41. The molecule has 0 aliphatic heterocycles. The Hall–Kier alpha value is -2.36. The van der Waals surface area contributed by atoms with E-state index >= 15 is 0 Å². The van der Waals surface area contributed by atoms with Gasteiger partial charge in [-0.15, -0.1) is 0 Å². The van der Waals surface area contributed by atoms with Gasteiger partial charge in [0.05, 0.1) is 11.4 Å². The summed E-state index contributed by atoms with van der Waals surface area (Å²) in [4.78, 5) is 11.9. The van der Waals surface area contributed by atoms with Crippen molar-refractivity contribution in [3.8, 4) is 0 Å². The molecule has 2 aromatic heterocycles. The SMILES string of the molecule is Cc1cc2c(NC3CCc4ccccc43)ncnc2[nH]1. The lowest BCUT2D eigenvalue weighted by molar-refractivity contribution is 0.758. The highest BCUT2D eigenvalue weighted by Crippen LogP contribution is 2.34. The highest BCUT2D eigenvalue weighted by Gasteiger charge is 2.22. The Kier molecular flexibility index (Phi) is 2.49. The number of hydrogen-bond donors (Lipinski definition) is 2. The molecule has 0 saturated carbocycles. The lowest BCUT2D eigenvalue weighted by Crippen LogP contribution is -2.08. The minimum Gasteiger partial charge on any atom is -0.363 e. The number of aromatic nitrogens is 3. The Labute approximate surface area is 117 Å². The van der Waals surface area contributed by atoms with Gasteiger partial charge in [-0.05, 0) is 37.0 Å². The van der Waals surface area contributed by atoms with Crippen molar-refractivity contribution in [3.05, 3.63) is 53.5 Å². The van der Waals surface area contributed by atoms with Gasteiger partial charge < -0.3 is 10.3 Å². The van der Waals surface area contributed by atoms with Gasteiger partial charge in [0.1, 0.15) is 17.8 Å². The predicted octanol–water partition coefficient (Wildman–Crippen LogP) is 3.37. The van der Waals surface area contributed by atoms with Crippen LogP contribution in [0.1, 0.15) is 29.3 Å². The molecule has 20 heavy (non-hydrogen) atoms. The first-order chi connectivity index (χ1) is 9.81. The zero-order valence-electron chi connectivity index (χ0n) is 11.4. The van der Waals surface area contributed by atoms with E-state index in [0.29, 0.717) is 6.04 Å². The van der Waals surface area contributed by atoms with E-state index in [-0.39, 0.29) is 0 Å². The van der Waals surface area contributed by atoms with Gasteiger partial charge in [0, 0.05) is 5.69 Å². The number of rotatable bonds is 2. The van der Waals surface area contributed by atoms with Crippen LogP contribution in [0.4, 0.5) is 5.82 Å². The van der Waals surface area contributed by atoms with Crippen LogP contribution in [-0.2, 0) is 6.42 Å². The van der Waals surface area contributed by atoms with Crippen molar-refractivity contribution in [3.63, 3.8) is 0 Å². The summed E-state index contributed by atoms with van der Waals surface area (Å²) in [6, 6.07) is 11.1. The third-order valence-electron chi connectivity index (χ3n) is 4.00. The number of nitrogens with one attached hydrogen (secondary N) is 2. The number of anilines is 1. The topological polar surface area (TPSA) is 53.6 Å². The monoisotopic (exact) mass is 264 g/mol. The Bertz CT molecular complexity index is 775. The van der Waals surface area contributed by atoms with Crippen LogP contribution in [0.15, 0.2) is 36.7 Å². The fourth-order valence-corrected chi connectivity index (χ4v) is 3.06. The van der Waals surface area contributed by atoms with Crippen LogP contribution in [-0.4, -0.2) is 15.0 Å². The molecule has 0 radical (unpaired) electrons. The zero-order chi connectivity index (χ0) is 13.5. The van der Waals surface area contributed by atoms with Gasteiger partial charge in [-0.2, -0.15) is 0 Å². The van der Waals surface area contributed by atoms with Crippen LogP contribution in [0.25, 0.3) is 11.0 Å². The first-order valence-corrected chi connectivity index (χ1v) is 6.96. The number of nitrogens with zero attached hydrogens (tertiary/aromatic N) is 2. The fourth-order valence-electron chi connectivity index (χ4n) is 3.06. The van der Waals surface area contributed by atoms with E-state index in [4.69, 9.17) is 0 Å². The first kappa shape index (κ1) is 11.5. The molecule has 1 aliphatic rings. The molecule has 3 aromatic rings. The molecule has 0 saturated heterocycles. The van der Waals surface area contributed by atoms with Crippen molar-refractivity contribution >= 4 is 16.9 Å². The lowest BCUT2D eigenvalue weighted by atomic mass is 10.1. The van der Waals surface area contributed by atoms with Crippen molar-refractivity contribution in [2.24, 2.45) is 0 Å². The Morgan fingerprint density at radius 3 is 3.10 bits per heavy atom. The van der Waals surface area contributed by atoms with Crippen LogP contribution in [0.5, 0.6) is 0 Å². The van der Waals surface area contributed by atoms with Gasteiger partial charge in [-0.25, -0.2) is 9.97 Å². The van der Waals surface area contributed by atoms with E-state index in [0.717, 1.165) is 35.4 Å². The summed E-state index contributed by atoms with van der Waals surface area (Å²) in [5.74, 6) is 0.918. The Morgan fingerprint density at radius 1 is 1.25 bits per heavy atom. The minimum atomic E-state index is 0.347. The third-order valence-corrected chi connectivity index (χ3v) is 4.00. The number of aryl methyl sites for hydroxylation is 2. The molecule has 1 aromatic carbocycles. The summed E-state index contributed by atoms with van der Waals surface area (Å²) >= 11 is 0. The van der Waals surface area contributed by atoms with E-state index in [1.807, 2.05) is 6.92 Å². The number of aromatic amines is 1. The standard InChI is InChI=1S/C16H16N4/c1-10-8-13-15(19-10)17-9-18-16(13)20-14-7-6-11-4-2-3-5-12(11)14/h2-5,8-9,14H,6-7H2,1H3,(H2,17,18,19,20). The Morgan fingerprint density at radius 2 is 2.15 bits per heavy atom. The van der Waals surface area contributed by atoms with Gasteiger partial charge >= 0.3 is 0 Å². The molecule has 4 heteroatoms. The minimum absolute atomic E-state index is 0.347. The van der Waals surface area contributed by atoms with Crippen molar-refractivity contribution < 1.29 is 0 Å². The molecule has 0 bridgehead atoms. The average Bonchev–Trinajstić information content (AvgIpc) is 3.03. The van der Waals surface area contributed by atoms with Crippen LogP contribution < -0.4 is 5.32 Å². The van der Waals surface area contributed by atoms with Gasteiger partial charge in [-0.3, -0.25) is 0 Å². The lowest BCUT2D eigenvalue weighted by Gasteiger charge is -2.15.